The molecule has 0 bridgehead atoms. The van der Waals surface area contributed by atoms with E-state index in [0.29, 0.717) is 5.92 Å². The van der Waals surface area contributed by atoms with Gasteiger partial charge in [-0.2, -0.15) is 5.26 Å². The van der Waals surface area contributed by atoms with Crippen molar-refractivity contribution in [2.24, 2.45) is 17.8 Å². The lowest BCUT2D eigenvalue weighted by Crippen LogP contribution is -2.22. The van der Waals surface area contributed by atoms with Crippen LogP contribution in [0.3, 0.4) is 0 Å². The fourth-order valence-electron chi connectivity index (χ4n) is 4.17. The molecular formula is C23H35N. The molecule has 1 aliphatic rings. The van der Waals surface area contributed by atoms with Crippen molar-refractivity contribution in [3.05, 3.63) is 35.4 Å². The van der Waals surface area contributed by atoms with Crippen molar-refractivity contribution in [1.29, 1.82) is 5.26 Å². The molecule has 0 spiro atoms. The van der Waals surface area contributed by atoms with Crippen LogP contribution in [0.25, 0.3) is 0 Å². The summed E-state index contributed by atoms with van der Waals surface area (Å²) >= 11 is 0. The third kappa shape index (κ3) is 5.97. The van der Waals surface area contributed by atoms with E-state index < -0.39 is 0 Å². The molecule has 0 aliphatic heterocycles. The Hall–Kier alpha value is -1.29. The highest BCUT2D eigenvalue weighted by molar-refractivity contribution is 5.24. The van der Waals surface area contributed by atoms with Crippen LogP contribution in [0.15, 0.2) is 24.3 Å². The smallest absolute Gasteiger partial charge is 0.0662 e. The summed E-state index contributed by atoms with van der Waals surface area (Å²) in [5, 5.41) is 9.67. The van der Waals surface area contributed by atoms with Gasteiger partial charge in [0, 0.05) is 0 Å². The molecule has 1 nitrogen and oxygen atoms in total. The predicted molar refractivity (Wildman–Crippen MR) is 103 cm³/mol. The maximum absolute atomic E-state index is 9.67. The van der Waals surface area contributed by atoms with Crippen LogP contribution in [0.1, 0.15) is 82.8 Å². The fraction of sp³-hybridized carbons (Fsp3) is 0.696. The van der Waals surface area contributed by atoms with Crippen LogP contribution in [0.4, 0.5) is 0 Å². The highest BCUT2D eigenvalue weighted by atomic mass is 14.4. The molecule has 0 heterocycles. The van der Waals surface area contributed by atoms with E-state index >= 15 is 0 Å². The topological polar surface area (TPSA) is 23.8 Å². The molecule has 1 unspecified atom stereocenters. The molecule has 1 heteroatoms. The second-order valence-corrected chi connectivity index (χ2v) is 7.78. The first-order valence-corrected chi connectivity index (χ1v) is 10.2. The number of nitriles is 1. The van der Waals surface area contributed by atoms with E-state index in [4.69, 9.17) is 0 Å². The van der Waals surface area contributed by atoms with Gasteiger partial charge < -0.3 is 0 Å². The Balaban J connectivity index is 1.83. The van der Waals surface area contributed by atoms with E-state index in [0.717, 1.165) is 12.3 Å². The number of nitrogens with zero attached hydrogens (tertiary/aromatic N) is 1. The van der Waals surface area contributed by atoms with Gasteiger partial charge in [0.2, 0.25) is 0 Å². The molecule has 0 radical (unpaired) electrons. The third-order valence-electron chi connectivity index (χ3n) is 5.89. The molecular weight excluding hydrogens is 290 g/mol. The first-order valence-electron chi connectivity index (χ1n) is 10.2. The first-order chi connectivity index (χ1) is 11.8. The second-order valence-electron chi connectivity index (χ2n) is 7.78. The van der Waals surface area contributed by atoms with Gasteiger partial charge in [0.05, 0.1) is 12.0 Å². The van der Waals surface area contributed by atoms with Crippen LogP contribution in [-0.2, 0) is 12.8 Å². The van der Waals surface area contributed by atoms with Crippen molar-refractivity contribution in [2.45, 2.75) is 84.5 Å². The van der Waals surface area contributed by atoms with Crippen LogP contribution < -0.4 is 0 Å². The average Bonchev–Trinajstić information content (AvgIpc) is 2.64. The SMILES string of the molecule is CCCCc1ccc(CC(C#N)[C@H]2CC[C@H](CCCC)CC2)cc1. The number of hydrogen-bond donors (Lipinski definition) is 0. The molecule has 132 valence electrons. The lowest BCUT2D eigenvalue weighted by molar-refractivity contribution is 0.221. The summed E-state index contributed by atoms with van der Waals surface area (Å²) in [6.07, 6.45) is 14.0. The van der Waals surface area contributed by atoms with Crippen molar-refractivity contribution in [2.75, 3.05) is 0 Å². The highest BCUT2D eigenvalue weighted by Gasteiger charge is 2.27. The summed E-state index contributed by atoms with van der Waals surface area (Å²) in [6.45, 7) is 4.52. The van der Waals surface area contributed by atoms with Crippen LogP contribution in [0, 0.1) is 29.1 Å². The molecule has 0 N–H and O–H groups in total. The van der Waals surface area contributed by atoms with Gasteiger partial charge in [-0.3, -0.25) is 0 Å². The lowest BCUT2D eigenvalue weighted by atomic mass is 9.73. The number of aryl methyl sites for hydroxylation is 1. The predicted octanol–water partition coefficient (Wildman–Crippen LogP) is 6.71. The zero-order valence-corrected chi connectivity index (χ0v) is 15.8. The summed E-state index contributed by atoms with van der Waals surface area (Å²) < 4.78 is 0. The monoisotopic (exact) mass is 325 g/mol. The zero-order valence-electron chi connectivity index (χ0n) is 15.8. The van der Waals surface area contributed by atoms with E-state index in [-0.39, 0.29) is 5.92 Å². The summed E-state index contributed by atoms with van der Waals surface area (Å²) in [5.41, 5.74) is 2.78. The van der Waals surface area contributed by atoms with Crippen molar-refractivity contribution in [3.63, 3.8) is 0 Å². The Bertz CT molecular complexity index is 488. The van der Waals surface area contributed by atoms with E-state index in [9.17, 15) is 5.26 Å². The van der Waals surface area contributed by atoms with Gasteiger partial charge >= 0.3 is 0 Å². The molecule has 0 aromatic heterocycles. The minimum atomic E-state index is 0.207. The highest BCUT2D eigenvalue weighted by Crippen LogP contribution is 2.36. The molecule has 1 fully saturated rings. The van der Waals surface area contributed by atoms with Gasteiger partial charge in [-0.1, -0.05) is 76.6 Å². The summed E-state index contributed by atoms with van der Waals surface area (Å²) in [6, 6.07) is 11.7. The van der Waals surface area contributed by atoms with Crippen molar-refractivity contribution < 1.29 is 0 Å². The van der Waals surface area contributed by atoms with Gasteiger partial charge in [-0.05, 0) is 55.1 Å². The number of unbranched alkanes of at least 4 members (excludes halogenated alkanes) is 2. The summed E-state index contributed by atoms with van der Waals surface area (Å²) in [4.78, 5) is 0. The second kappa shape index (κ2) is 10.5. The normalized spacial score (nSPS) is 22.0. The minimum absolute atomic E-state index is 0.207. The third-order valence-corrected chi connectivity index (χ3v) is 5.89. The van der Waals surface area contributed by atoms with Crippen LogP contribution in [0.2, 0.25) is 0 Å². The Kier molecular flexibility index (Phi) is 8.37. The maximum atomic E-state index is 9.67. The maximum Gasteiger partial charge on any atom is 0.0662 e. The Labute approximate surface area is 149 Å². The van der Waals surface area contributed by atoms with Crippen LogP contribution >= 0.6 is 0 Å². The summed E-state index contributed by atoms with van der Waals surface area (Å²) in [5.74, 6) is 1.75. The standard InChI is InChI=1S/C23H35N/c1-3-5-7-19-9-11-21(12-10-19)17-23(18-24)22-15-13-20(14-16-22)8-6-4-2/h9-12,20,22-23H,3-8,13-17H2,1-2H3/t20-,22-,23?. The minimum Gasteiger partial charge on any atom is -0.198 e. The average molecular weight is 326 g/mol. The van der Waals surface area contributed by atoms with Crippen LogP contribution in [-0.4, -0.2) is 0 Å². The van der Waals surface area contributed by atoms with Gasteiger partial charge in [0.25, 0.3) is 0 Å². The number of rotatable bonds is 9. The number of hydrogen-bond acceptors (Lipinski definition) is 1. The van der Waals surface area contributed by atoms with Crippen LogP contribution in [0.5, 0.6) is 0 Å². The van der Waals surface area contributed by atoms with Gasteiger partial charge in [0.15, 0.2) is 0 Å². The van der Waals surface area contributed by atoms with Gasteiger partial charge in [-0.15, -0.1) is 0 Å². The van der Waals surface area contributed by atoms with Gasteiger partial charge in [-0.25, -0.2) is 0 Å². The van der Waals surface area contributed by atoms with Gasteiger partial charge in [0.1, 0.15) is 0 Å². The van der Waals surface area contributed by atoms with Crippen molar-refractivity contribution in [1.82, 2.24) is 0 Å². The molecule has 1 atom stereocenters. The molecule has 1 aromatic carbocycles. The molecule has 1 aromatic rings. The Morgan fingerprint density at radius 3 is 2.17 bits per heavy atom. The van der Waals surface area contributed by atoms with E-state index in [1.807, 2.05) is 0 Å². The van der Waals surface area contributed by atoms with E-state index in [1.165, 1.54) is 75.3 Å². The number of benzene rings is 1. The largest absolute Gasteiger partial charge is 0.198 e. The molecule has 2 rings (SSSR count). The molecule has 24 heavy (non-hydrogen) atoms. The first kappa shape index (κ1) is 19.0. The quantitative estimate of drug-likeness (QED) is 0.495. The lowest BCUT2D eigenvalue weighted by Gasteiger charge is -2.31. The molecule has 0 saturated heterocycles. The molecule has 1 saturated carbocycles. The summed E-state index contributed by atoms with van der Waals surface area (Å²) in [7, 11) is 0. The van der Waals surface area contributed by atoms with Crippen molar-refractivity contribution in [3.8, 4) is 6.07 Å². The molecule has 0 amide bonds. The Morgan fingerprint density at radius 1 is 0.958 bits per heavy atom. The van der Waals surface area contributed by atoms with Crippen molar-refractivity contribution >= 4 is 0 Å². The fourth-order valence-corrected chi connectivity index (χ4v) is 4.17. The molecule has 1 aliphatic carbocycles. The zero-order chi connectivity index (χ0) is 17.2. The Morgan fingerprint density at radius 2 is 1.58 bits per heavy atom. The van der Waals surface area contributed by atoms with E-state index in [1.54, 1.807) is 0 Å². The van der Waals surface area contributed by atoms with E-state index in [2.05, 4.69) is 44.2 Å².